The van der Waals surface area contributed by atoms with Crippen molar-refractivity contribution in [3.8, 4) is 0 Å². The van der Waals surface area contributed by atoms with Gasteiger partial charge >= 0.3 is 0 Å². The van der Waals surface area contributed by atoms with Crippen LogP contribution in [-0.2, 0) is 26.2 Å². The molecule has 0 aliphatic carbocycles. The Hall–Kier alpha value is -2.64. The largest absolute Gasteiger partial charge is 0.468 e. The van der Waals surface area contributed by atoms with Crippen LogP contribution in [0.5, 0.6) is 0 Å². The molecule has 0 fully saturated rings. The maximum Gasteiger partial charge on any atom is 0.191 e. The molecule has 0 aliphatic heterocycles. The summed E-state index contributed by atoms with van der Waals surface area (Å²) in [4.78, 5) is 12.9. The third-order valence-electron chi connectivity index (χ3n) is 4.80. The maximum absolute atomic E-state index is 5.47. The molecule has 0 amide bonds. The number of aryl methyl sites for hydroxylation is 2. The number of rotatable bonds is 9. The molecule has 2 heterocycles. The average molecular weight is 426 g/mol. The Bertz CT molecular complexity index is 929. The standard InChI is InChI=1S/C23H31N5OS/c1-5-24-23(26-14-22-27-17(2)18(3)30-22)25-13-19-9-6-7-10-20(19)15-28(4)16-21-11-8-12-29-21/h6-12H,5,13-16H2,1-4H3,(H2,24,25,26). The van der Waals surface area contributed by atoms with Crippen LogP contribution in [0.25, 0.3) is 0 Å². The van der Waals surface area contributed by atoms with Crippen molar-refractivity contribution in [3.05, 3.63) is 75.1 Å². The fourth-order valence-electron chi connectivity index (χ4n) is 3.16. The molecule has 0 radical (unpaired) electrons. The minimum atomic E-state index is 0.621. The lowest BCUT2D eigenvalue weighted by atomic mass is 10.1. The number of nitrogens with one attached hydrogen (secondary N) is 2. The third-order valence-corrected chi connectivity index (χ3v) is 5.87. The molecular formula is C23H31N5OS. The van der Waals surface area contributed by atoms with Crippen LogP contribution in [0.4, 0.5) is 0 Å². The van der Waals surface area contributed by atoms with E-state index in [1.807, 2.05) is 12.1 Å². The molecule has 0 saturated carbocycles. The normalized spacial score (nSPS) is 11.8. The van der Waals surface area contributed by atoms with Gasteiger partial charge in [0.1, 0.15) is 10.8 Å². The van der Waals surface area contributed by atoms with Crippen LogP contribution in [0, 0.1) is 13.8 Å². The second kappa shape index (κ2) is 10.9. The van der Waals surface area contributed by atoms with Crippen LogP contribution >= 0.6 is 11.3 Å². The van der Waals surface area contributed by atoms with Gasteiger partial charge in [0, 0.05) is 18.0 Å². The highest BCUT2D eigenvalue weighted by Crippen LogP contribution is 2.16. The van der Waals surface area contributed by atoms with Crippen molar-refractivity contribution in [1.29, 1.82) is 0 Å². The molecule has 0 spiro atoms. The van der Waals surface area contributed by atoms with E-state index in [1.54, 1.807) is 17.6 Å². The molecule has 7 heteroatoms. The molecule has 0 bridgehead atoms. The van der Waals surface area contributed by atoms with Crippen LogP contribution in [0.3, 0.4) is 0 Å². The zero-order chi connectivity index (χ0) is 21.3. The Labute approximate surface area is 183 Å². The number of furan rings is 1. The summed E-state index contributed by atoms with van der Waals surface area (Å²) in [7, 11) is 2.10. The van der Waals surface area contributed by atoms with E-state index in [0.29, 0.717) is 13.1 Å². The fraction of sp³-hybridized carbons (Fsp3) is 0.391. The van der Waals surface area contributed by atoms with Crippen molar-refractivity contribution < 1.29 is 4.42 Å². The topological polar surface area (TPSA) is 65.7 Å². The van der Waals surface area contributed by atoms with Crippen LogP contribution < -0.4 is 10.6 Å². The quantitative estimate of drug-likeness (QED) is 0.397. The molecule has 0 saturated heterocycles. The maximum atomic E-state index is 5.47. The Morgan fingerprint density at radius 3 is 2.57 bits per heavy atom. The fourth-order valence-corrected chi connectivity index (χ4v) is 4.04. The number of aliphatic imine (C=N–C) groups is 1. The number of hydrogen-bond acceptors (Lipinski definition) is 5. The van der Waals surface area contributed by atoms with E-state index in [-0.39, 0.29) is 0 Å². The van der Waals surface area contributed by atoms with E-state index in [4.69, 9.17) is 9.41 Å². The van der Waals surface area contributed by atoms with Gasteiger partial charge in [0.25, 0.3) is 0 Å². The lowest BCUT2D eigenvalue weighted by Gasteiger charge is -2.17. The third kappa shape index (κ3) is 6.43. The minimum absolute atomic E-state index is 0.621. The van der Waals surface area contributed by atoms with E-state index < -0.39 is 0 Å². The Kier molecular flexibility index (Phi) is 8.04. The summed E-state index contributed by atoms with van der Waals surface area (Å²) in [6.07, 6.45) is 1.72. The molecule has 2 aromatic heterocycles. The molecule has 160 valence electrons. The monoisotopic (exact) mass is 425 g/mol. The van der Waals surface area contributed by atoms with Crippen molar-refractivity contribution in [3.63, 3.8) is 0 Å². The first kappa shape index (κ1) is 22.1. The average Bonchev–Trinajstić information content (AvgIpc) is 3.34. The first-order valence-electron chi connectivity index (χ1n) is 10.3. The summed E-state index contributed by atoms with van der Waals surface area (Å²) in [5, 5.41) is 7.81. The first-order chi connectivity index (χ1) is 14.5. The molecule has 1 aromatic carbocycles. The van der Waals surface area contributed by atoms with Gasteiger partial charge in [-0.2, -0.15) is 0 Å². The predicted octanol–water partition coefficient (Wildman–Crippen LogP) is 4.24. The van der Waals surface area contributed by atoms with E-state index in [0.717, 1.165) is 42.1 Å². The first-order valence-corrected chi connectivity index (χ1v) is 11.1. The molecule has 6 nitrogen and oxygen atoms in total. The van der Waals surface area contributed by atoms with Gasteiger partial charge in [-0.25, -0.2) is 9.98 Å². The number of guanidine groups is 1. The molecule has 0 unspecified atom stereocenters. The highest BCUT2D eigenvalue weighted by molar-refractivity contribution is 7.11. The zero-order valence-electron chi connectivity index (χ0n) is 18.2. The molecule has 0 aliphatic rings. The van der Waals surface area contributed by atoms with Gasteiger partial charge in [0.15, 0.2) is 5.96 Å². The minimum Gasteiger partial charge on any atom is -0.468 e. The van der Waals surface area contributed by atoms with Gasteiger partial charge in [-0.05, 0) is 51.1 Å². The number of aromatic nitrogens is 1. The number of nitrogens with zero attached hydrogens (tertiary/aromatic N) is 3. The van der Waals surface area contributed by atoms with E-state index in [9.17, 15) is 0 Å². The van der Waals surface area contributed by atoms with Crippen molar-refractivity contribution >= 4 is 17.3 Å². The zero-order valence-corrected chi connectivity index (χ0v) is 19.1. The Morgan fingerprint density at radius 2 is 1.90 bits per heavy atom. The van der Waals surface area contributed by atoms with Gasteiger partial charge in [0.05, 0.1) is 31.6 Å². The Morgan fingerprint density at radius 1 is 1.10 bits per heavy atom. The second-order valence-corrected chi connectivity index (χ2v) is 8.61. The molecule has 3 rings (SSSR count). The van der Waals surface area contributed by atoms with Gasteiger partial charge in [-0.3, -0.25) is 4.90 Å². The number of benzene rings is 1. The van der Waals surface area contributed by atoms with Crippen LogP contribution in [-0.4, -0.2) is 29.4 Å². The smallest absolute Gasteiger partial charge is 0.191 e. The van der Waals surface area contributed by atoms with Crippen molar-refractivity contribution in [2.75, 3.05) is 13.6 Å². The highest BCUT2D eigenvalue weighted by atomic mass is 32.1. The van der Waals surface area contributed by atoms with Crippen molar-refractivity contribution in [1.82, 2.24) is 20.5 Å². The van der Waals surface area contributed by atoms with Gasteiger partial charge in [-0.15, -0.1) is 11.3 Å². The summed E-state index contributed by atoms with van der Waals surface area (Å²) in [6, 6.07) is 12.4. The van der Waals surface area contributed by atoms with Gasteiger partial charge < -0.3 is 15.1 Å². The van der Waals surface area contributed by atoms with Crippen molar-refractivity contribution in [2.24, 2.45) is 4.99 Å². The Balaban J connectivity index is 1.63. The van der Waals surface area contributed by atoms with Crippen LogP contribution in [0.1, 0.15) is 39.4 Å². The molecular weight excluding hydrogens is 394 g/mol. The van der Waals surface area contributed by atoms with E-state index in [2.05, 4.69) is 72.6 Å². The summed E-state index contributed by atoms with van der Waals surface area (Å²) >= 11 is 1.73. The van der Waals surface area contributed by atoms with E-state index >= 15 is 0 Å². The van der Waals surface area contributed by atoms with Gasteiger partial charge in [-0.1, -0.05) is 24.3 Å². The van der Waals surface area contributed by atoms with Crippen molar-refractivity contribution in [2.45, 2.75) is 47.0 Å². The SMILES string of the molecule is CCNC(=NCc1ccccc1CN(C)Cc1ccco1)NCc1nc(C)c(C)s1. The highest BCUT2D eigenvalue weighted by Gasteiger charge is 2.09. The predicted molar refractivity (Wildman–Crippen MR) is 124 cm³/mol. The lowest BCUT2D eigenvalue weighted by molar-refractivity contribution is 0.287. The summed E-state index contributed by atoms with van der Waals surface area (Å²) in [5.74, 6) is 1.78. The number of hydrogen-bond donors (Lipinski definition) is 2. The van der Waals surface area contributed by atoms with Crippen LogP contribution in [0.2, 0.25) is 0 Å². The summed E-state index contributed by atoms with van der Waals surface area (Å²) in [6.45, 7) is 9.97. The van der Waals surface area contributed by atoms with Gasteiger partial charge in [0.2, 0.25) is 0 Å². The molecule has 0 atom stereocenters. The number of thiazole rings is 1. The second-order valence-electron chi connectivity index (χ2n) is 7.32. The van der Waals surface area contributed by atoms with E-state index in [1.165, 1.54) is 16.0 Å². The molecule has 30 heavy (non-hydrogen) atoms. The summed E-state index contributed by atoms with van der Waals surface area (Å²) < 4.78 is 5.47. The molecule has 2 N–H and O–H groups in total. The lowest BCUT2D eigenvalue weighted by Crippen LogP contribution is -2.36. The molecule has 3 aromatic rings. The van der Waals surface area contributed by atoms with Crippen LogP contribution in [0.15, 0.2) is 52.1 Å². The summed E-state index contributed by atoms with van der Waals surface area (Å²) in [5.41, 5.74) is 3.60.